The minimum absolute atomic E-state index is 0.216. The summed E-state index contributed by atoms with van der Waals surface area (Å²) in [6.07, 6.45) is 5.08. The second-order valence-corrected chi connectivity index (χ2v) is 8.43. The molecule has 0 saturated carbocycles. The zero-order chi connectivity index (χ0) is 17.9. The van der Waals surface area contributed by atoms with Crippen LogP contribution in [-0.4, -0.2) is 39.6 Å². The zero-order valence-corrected chi connectivity index (χ0v) is 16.4. The largest absolute Gasteiger partial charge is 0.342 e. The standard InChI is InChI=1S/C20H21N3OS2/c1-14-5-7-15(8-6-14)16-11-25-19-18(16)20(22-13-21-19)26-12-17(24)23-9-3-2-4-10-23/h5-8,11,13H,2-4,9-10,12H2,1H3. The summed E-state index contributed by atoms with van der Waals surface area (Å²) < 4.78 is 0. The summed E-state index contributed by atoms with van der Waals surface area (Å²) in [7, 11) is 0. The van der Waals surface area contributed by atoms with Gasteiger partial charge in [0.05, 0.1) is 11.1 Å². The van der Waals surface area contributed by atoms with Gasteiger partial charge in [0.25, 0.3) is 0 Å². The minimum atomic E-state index is 0.216. The summed E-state index contributed by atoms with van der Waals surface area (Å²) >= 11 is 3.16. The van der Waals surface area contributed by atoms with Gasteiger partial charge in [0.1, 0.15) is 16.2 Å². The van der Waals surface area contributed by atoms with E-state index in [1.54, 1.807) is 17.7 Å². The lowest BCUT2D eigenvalue weighted by atomic mass is 10.1. The molecule has 0 aliphatic carbocycles. The molecule has 1 aliphatic rings. The van der Waals surface area contributed by atoms with E-state index in [0.717, 1.165) is 46.7 Å². The van der Waals surface area contributed by atoms with Crippen molar-refractivity contribution in [3.63, 3.8) is 0 Å². The third-order valence-electron chi connectivity index (χ3n) is 4.74. The highest BCUT2D eigenvalue weighted by molar-refractivity contribution is 8.00. The number of likely N-dealkylation sites (tertiary alicyclic amines) is 1. The quantitative estimate of drug-likeness (QED) is 0.481. The van der Waals surface area contributed by atoms with Crippen molar-refractivity contribution in [2.24, 2.45) is 0 Å². The number of thiophene rings is 1. The van der Waals surface area contributed by atoms with Gasteiger partial charge in [-0.15, -0.1) is 11.3 Å². The number of fused-ring (bicyclic) bond motifs is 1. The second-order valence-electron chi connectivity index (χ2n) is 6.60. The molecular formula is C20H21N3OS2. The molecule has 0 unspecified atom stereocenters. The van der Waals surface area contributed by atoms with Crippen LogP contribution in [0.25, 0.3) is 21.3 Å². The fourth-order valence-electron chi connectivity index (χ4n) is 3.27. The Labute approximate surface area is 161 Å². The lowest BCUT2D eigenvalue weighted by molar-refractivity contribution is -0.129. The van der Waals surface area contributed by atoms with Gasteiger partial charge >= 0.3 is 0 Å². The molecule has 2 aromatic heterocycles. The van der Waals surface area contributed by atoms with Crippen molar-refractivity contribution in [3.8, 4) is 11.1 Å². The molecule has 1 fully saturated rings. The Morgan fingerprint density at radius 1 is 1.15 bits per heavy atom. The number of carbonyl (C=O) groups excluding carboxylic acids is 1. The van der Waals surface area contributed by atoms with Crippen LogP contribution < -0.4 is 0 Å². The van der Waals surface area contributed by atoms with Crippen LogP contribution in [0.3, 0.4) is 0 Å². The number of aromatic nitrogens is 2. The van der Waals surface area contributed by atoms with Crippen LogP contribution >= 0.6 is 23.1 Å². The van der Waals surface area contributed by atoms with Crippen LogP contribution in [0.5, 0.6) is 0 Å². The maximum atomic E-state index is 12.5. The molecule has 0 N–H and O–H groups in total. The topological polar surface area (TPSA) is 46.1 Å². The van der Waals surface area contributed by atoms with Crippen LogP contribution in [0.1, 0.15) is 24.8 Å². The first-order valence-corrected chi connectivity index (χ1v) is 10.8. The van der Waals surface area contributed by atoms with Gasteiger partial charge in [-0.3, -0.25) is 4.79 Å². The van der Waals surface area contributed by atoms with Crippen LogP contribution in [0.4, 0.5) is 0 Å². The summed E-state index contributed by atoms with van der Waals surface area (Å²) in [4.78, 5) is 24.4. The van der Waals surface area contributed by atoms with E-state index < -0.39 is 0 Å². The maximum Gasteiger partial charge on any atom is 0.232 e. The monoisotopic (exact) mass is 383 g/mol. The number of thioether (sulfide) groups is 1. The first-order chi connectivity index (χ1) is 12.7. The van der Waals surface area contributed by atoms with E-state index in [4.69, 9.17) is 0 Å². The summed E-state index contributed by atoms with van der Waals surface area (Å²) in [5.41, 5.74) is 3.56. The molecule has 0 bridgehead atoms. The number of hydrogen-bond acceptors (Lipinski definition) is 5. The van der Waals surface area contributed by atoms with Gasteiger partial charge in [0, 0.05) is 24.0 Å². The summed E-state index contributed by atoms with van der Waals surface area (Å²) in [5, 5.41) is 4.11. The Kier molecular flexibility index (Phi) is 5.22. The summed E-state index contributed by atoms with van der Waals surface area (Å²) in [5.74, 6) is 0.656. The molecule has 26 heavy (non-hydrogen) atoms. The number of rotatable bonds is 4. The molecule has 0 radical (unpaired) electrons. The highest BCUT2D eigenvalue weighted by atomic mass is 32.2. The van der Waals surface area contributed by atoms with Crippen molar-refractivity contribution in [3.05, 3.63) is 41.5 Å². The van der Waals surface area contributed by atoms with Crippen molar-refractivity contribution in [1.29, 1.82) is 0 Å². The van der Waals surface area contributed by atoms with Gasteiger partial charge in [0.15, 0.2) is 0 Å². The fraction of sp³-hybridized carbons (Fsp3) is 0.350. The van der Waals surface area contributed by atoms with E-state index in [-0.39, 0.29) is 5.91 Å². The number of hydrogen-bond donors (Lipinski definition) is 0. The van der Waals surface area contributed by atoms with Crippen LogP contribution in [0, 0.1) is 6.92 Å². The maximum absolute atomic E-state index is 12.5. The number of amides is 1. The van der Waals surface area contributed by atoms with Gasteiger partial charge in [-0.2, -0.15) is 0 Å². The third kappa shape index (κ3) is 3.62. The van der Waals surface area contributed by atoms with Gasteiger partial charge in [-0.1, -0.05) is 41.6 Å². The predicted octanol–water partition coefficient (Wildman–Crippen LogP) is 4.77. The highest BCUT2D eigenvalue weighted by Gasteiger charge is 2.19. The first-order valence-electron chi connectivity index (χ1n) is 8.92. The number of nitrogens with zero attached hydrogens (tertiary/aromatic N) is 3. The van der Waals surface area contributed by atoms with E-state index in [9.17, 15) is 4.79 Å². The third-order valence-corrected chi connectivity index (χ3v) is 6.60. The van der Waals surface area contributed by atoms with Crippen LogP contribution in [0.2, 0.25) is 0 Å². The summed E-state index contributed by atoms with van der Waals surface area (Å²) in [6.45, 7) is 3.88. The van der Waals surface area contributed by atoms with Crippen LogP contribution in [0.15, 0.2) is 41.0 Å². The number of piperidine rings is 1. The smallest absolute Gasteiger partial charge is 0.232 e. The Balaban J connectivity index is 1.59. The average Bonchev–Trinajstić information content (AvgIpc) is 3.12. The van der Waals surface area contributed by atoms with Crippen molar-refractivity contribution in [2.75, 3.05) is 18.8 Å². The van der Waals surface area contributed by atoms with Crippen molar-refractivity contribution in [1.82, 2.24) is 14.9 Å². The first kappa shape index (κ1) is 17.5. The predicted molar refractivity (Wildman–Crippen MR) is 109 cm³/mol. The lowest BCUT2D eigenvalue weighted by Gasteiger charge is -2.26. The normalized spacial score (nSPS) is 14.7. The van der Waals surface area contributed by atoms with Crippen LogP contribution in [-0.2, 0) is 4.79 Å². The van der Waals surface area contributed by atoms with Crippen molar-refractivity contribution >= 4 is 39.2 Å². The molecule has 134 valence electrons. The van der Waals surface area contributed by atoms with E-state index in [1.165, 1.54) is 29.3 Å². The lowest BCUT2D eigenvalue weighted by Crippen LogP contribution is -2.36. The van der Waals surface area contributed by atoms with E-state index in [0.29, 0.717) is 5.75 Å². The zero-order valence-electron chi connectivity index (χ0n) is 14.8. The van der Waals surface area contributed by atoms with Gasteiger partial charge in [-0.05, 0) is 31.7 Å². The Bertz CT molecular complexity index is 914. The molecule has 1 aliphatic heterocycles. The summed E-state index contributed by atoms with van der Waals surface area (Å²) in [6, 6.07) is 8.51. The van der Waals surface area contributed by atoms with E-state index in [2.05, 4.69) is 46.5 Å². The molecule has 4 nitrogen and oxygen atoms in total. The molecule has 3 aromatic rings. The molecule has 6 heteroatoms. The molecule has 1 amide bonds. The number of benzene rings is 1. The second kappa shape index (κ2) is 7.76. The Morgan fingerprint density at radius 2 is 1.92 bits per heavy atom. The molecule has 3 heterocycles. The molecular weight excluding hydrogens is 362 g/mol. The van der Waals surface area contributed by atoms with Crippen molar-refractivity contribution < 1.29 is 4.79 Å². The molecule has 4 rings (SSSR count). The van der Waals surface area contributed by atoms with E-state index >= 15 is 0 Å². The SMILES string of the molecule is Cc1ccc(-c2csc3ncnc(SCC(=O)N4CCCCC4)c23)cc1. The number of carbonyl (C=O) groups is 1. The Morgan fingerprint density at radius 3 is 2.69 bits per heavy atom. The minimum Gasteiger partial charge on any atom is -0.342 e. The van der Waals surface area contributed by atoms with E-state index in [1.807, 2.05) is 4.90 Å². The fourth-order valence-corrected chi connectivity index (χ4v) is 5.16. The Hall–Kier alpha value is -1.92. The van der Waals surface area contributed by atoms with Gasteiger partial charge < -0.3 is 4.90 Å². The average molecular weight is 384 g/mol. The van der Waals surface area contributed by atoms with Gasteiger partial charge in [0.2, 0.25) is 5.91 Å². The molecule has 0 atom stereocenters. The highest BCUT2D eigenvalue weighted by Crippen LogP contribution is 2.38. The molecule has 1 saturated heterocycles. The molecule has 0 spiro atoms. The van der Waals surface area contributed by atoms with Crippen molar-refractivity contribution in [2.45, 2.75) is 31.2 Å². The van der Waals surface area contributed by atoms with Gasteiger partial charge in [-0.25, -0.2) is 9.97 Å². The molecule has 1 aromatic carbocycles. The number of aryl methyl sites for hydroxylation is 1.